The van der Waals surface area contributed by atoms with Crippen LogP contribution in [0.15, 0.2) is 0 Å². The second-order valence-corrected chi connectivity index (χ2v) is 5.69. The summed E-state index contributed by atoms with van der Waals surface area (Å²) in [5.41, 5.74) is 0. The molecular weight excluding hydrogens is 190 g/mol. The maximum Gasteiger partial charge on any atom is 0.214 e. The van der Waals surface area contributed by atoms with Gasteiger partial charge < -0.3 is 5.11 Å². The first-order chi connectivity index (χ1) is 6.06. The molecule has 1 heterocycles. The lowest BCUT2D eigenvalue weighted by atomic mass is 10.2. The van der Waals surface area contributed by atoms with Gasteiger partial charge in [0.15, 0.2) is 0 Å². The fourth-order valence-electron chi connectivity index (χ4n) is 1.61. The number of sulfonamides is 1. The van der Waals surface area contributed by atoms with Crippen LogP contribution in [0.25, 0.3) is 0 Å². The molecule has 0 aromatic rings. The highest BCUT2D eigenvalue weighted by atomic mass is 32.2. The number of hydrogen-bond acceptors (Lipinski definition) is 3. The molecule has 1 rings (SSSR count). The zero-order valence-electron chi connectivity index (χ0n) is 7.94. The van der Waals surface area contributed by atoms with Crippen molar-refractivity contribution in [3.63, 3.8) is 0 Å². The van der Waals surface area contributed by atoms with Gasteiger partial charge in [0.25, 0.3) is 0 Å². The molecule has 0 aromatic carbocycles. The third kappa shape index (κ3) is 2.93. The van der Waals surface area contributed by atoms with Crippen molar-refractivity contribution in [1.82, 2.24) is 4.31 Å². The standard InChI is InChI=1S/C8H17NO3S/c1-8-6-9(4-2-3-5-10)13(11,12)7-8/h8,10H,2-7H2,1H3. The van der Waals surface area contributed by atoms with E-state index in [2.05, 4.69) is 0 Å². The van der Waals surface area contributed by atoms with E-state index in [1.165, 1.54) is 4.31 Å². The summed E-state index contributed by atoms with van der Waals surface area (Å²) in [6.07, 6.45) is 1.43. The molecule has 1 aliphatic rings. The van der Waals surface area contributed by atoms with E-state index in [1.807, 2.05) is 6.92 Å². The number of nitrogens with zero attached hydrogens (tertiary/aromatic N) is 1. The predicted molar refractivity (Wildman–Crippen MR) is 50.8 cm³/mol. The molecular formula is C8H17NO3S. The molecule has 0 spiro atoms. The van der Waals surface area contributed by atoms with Crippen LogP contribution in [0.3, 0.4) is 0 Å². The summed E-state index contributed by atoms with van der Waals surface area (Å²) in [7, 11) is -2.97. The van der Waals surface area contributed by atoms with Crippen LogP contribution < -0.4 is 0 Å². The van der Waals surface area contributed by atoms with Crippen LogP contribution in [0, 0.1) is 5.92 Å². The molecule has 0 aliphatic carbocycles. The number of aliphatic hydroxyl groups excluding tert-OH is 1. The van der Waals surface area contributed by atoms with Gasteiger partial charge in [-0.1, -0.05) is 6.92 Å². The molecule has 1 saturated heterocycles. The minimum atomic E-state index is -2.97. The van der Waals surface area contributed by atoms with Crippen molar-refractivity contribution in [1.29, 1.82) is 0 Å². The zero-order valence-corrected chi connectivity index (χ0v) is 8.76. The van der Waals surface area contributed by atoms with Crippen LogP contribution >= 0.6 is 0 Å². The molecule has 0 saturated carbocycles. The average Bonchev–Trinajstić information content (AvgIpc) is 2.25. The molecule has 1 atom stereocenters. The van der Waals surface area contributed by atoms with E-state index >= 15 is 0 Å². The second kappa shape index (κ2) is 4.39. The predicted octanol–water partition coefficient (Wildman–Crippen LogP) is 0.0404. The van der Waals surface area contributed by atoms with Crippen molar-refractivity contribution < 1.29 is 13.5 Å². The van der Waals surface area contributed by atoms with Gasteiger partial charge in [-0.3, -0.25) is 0 Å². The van der Waals surface area contributed by atoms with Gasteiger partial charge in [0.2, 0.25) is 10.0 Å². The Labute approximate surface area is 79.6 Å². The summed E-state index contributed by atoms with van der Waals surface area (Å²) in [4.78, 5) is 0. The quantitative estimate of drug-likeness (QED) is 0.662. The van der Waals surface area contributed by atoms with E-state index in [-0.39, 0.29) is 18.3 Å². The summed E-state index contributed by atoms with van der Waals surface area (Å²) < 4.78 is 24.4. The fraction of sp³-hybridized carbons (Fsp3) is 1.00. The zero-order chi connectivity index (χ0) is 9.90. The topological polar surface area (TPSA) is 57.6 Å². The number of aliphatic hydroxyl groups is 1. The summed E-state index contributed by atoms with van der Waals surface area (Å²) >= 11 is 0. The maximum atomic E-state index is 11.4. The molecule has 4 nitrogen and oxygen atoms in total. The highest BCUT2D eigenvalue weighted by Gasteiger charge is 2.32. The molecule has 1 N–H and O–H groups in total. The summed E-state index contributed by atoms with van der Waals surface area (Å²) in [6.45, 7) is 3.30. The lowest BCUT2D eigenvalue weighted by Crippen LogP contribution is -2.27. The Bertz CT molecular complexity index is 250. The minimum absolute atomic E-state index is 0.142. The molecule has 5 heteroatoms. The van der Waals surface area contributed by atoms with Crippen LogP contribution in [0.4, 0.5) is 0 Å². The van der Waals surface area contributed by atoms with Gasteiger partial charge in [-0.25, -0.2) is 12.7 Å². The van der Waals surface area contributed by atoms with Crippen molar-refractivity contribution >= 4 is 10.0 Å². The Balaban J connectivity index is 2.42. The molecule has 1 aliphatic heterocycles. The number of unbranched alkanes of at least 4 members (excludes halogenated alkanes) is 1. The van der Waals surface area contributed by atoms with Gasteiger partial charge in [0.05, 0.1) is 5.75 Å². The Hall–Kier alpha value is -0.130. The maximum absolute atomic E-state index is 11.4. The highest BCUT2D eigenvalue weighted by molar-refractivity contribution is 7.89. The van der Waals surface area contributed by atoms with Crippen LogP contribution in [-0.2, 0) is 10.0 Å². The smallest absolute Gasteiger partial charge is 0.214 e. The highest BCUT2D eigenvalue weighted by Crippen LogP contribution is 2.18. The summed E-state index contributed by atoms with van der Waals surface area (Å²) in [5.74, 6) is 0.533. The van der Waals surface area contributed by atoms with Crippen LogP contribution in [0.2, 0.25) is 0 Å². The first-order valence-corrected chi connectivity index (χ1v) is 6.26. The van der Waals surface area contributed by atoms with Gasteiger partial charge in [0, 0.05) is 19.7 Å². The van der Waals surface area contributed by atoms with Gasteiger partial charge >= 0.3 is 0 Å². The Morgan fingerprint density at radius 3 is 2.62 bits per heavy atom. The molecule has 1 fully saturated rings. The SMILES string of the molecule is CC1CN(CCCCO)S(=O)(=O)C1. The fourth-order valence-corrected chi connectivity index (χ4v) is 3.53. The Morgan fingerprint density at radius 1 is 1.46 bits per heavy atom. The van der Waals surface area contributed by atoms with Gasteiger partial charge in [0.1, 0.15) is 0 Å². The summed E-state index contributed by atoms with van der Waals surface area (Å²) in [6, 6.07) is 0. The number of hydrogen-bond donors (Lipinski definition) is 1. The molecule has 13 heavy (non-hydrogen) atoms. The first kappa shape index (κ1) is 10.9. The molecule has 0 radical (unpaired) electrons. The van der Waals surface area contributed by atoms with Crippen LogP contribution in [0.5, 0.6) is 0 Å². The largest absolute Gasteiger partial charge is 0.396 e. The van der Waals surface area contributed by atoms with E-state index in [0.29, 0.717) is 19.5 Å². The van der Waals surface area contributed by atoms with E-state index in [4.69, 9.17) is 5.11 Å². The van der Waals surface area contributed by atoms with E-state index in [1.54, 1.807) is 0 Å². The van der Waals surface area contributed by atoms with Crippen molar-refractivity contribution in [3.05, 3.63) is 0 Å². The molecule has 0 bridgehead atoms. The second-order valence-electron chi connectivity index (χ2n) is 3.67. The first-order valence-electron chi connectivity index (χ1n) is 4.65. The van der Waals surface area contributed by atoms with Crippen molar-refractivity contribution in [2.75, 3.05) is 25.4 Å². The monoisotopic (exact) mass is 207 g/mol. The molecule has 78 valence electrons. The number of rotatable bonds is 4. The third-order valence-corrected chi connectivity index (χ3v) is 4.33. The van der Waals surface area contributed by atoms with Crippen molar-refractivity contribution in [3.8, 4) is 0 Å². The third-order valence-electron chi connectivity index (χ3n) is 2.22. The lowest BCUT2D eigenvalue weighted by Gasteiger charge is -2.13. The Morgan fingerprint density at radius 2 is 2.15 bits per heavy atom. The average molecular weight is 207 g/mol. The van der Waals surface area contributed by atoms with Gasteiger partial charge in [-0.05, 0) is 18.8 Å². The lowest BCUT2D eigenvalue weighted by molar-refractivity contribution is 0.276. The van der Waals surface area contributed by atoms with Crippen molar-refractivity contribution in [2.45, 2.75) is 19.8 Å². The molecule has 0 aromatic heterocycles. The normalized spacial score (nSPS) is 28.0. The van der Waals surface area contributed by atoms with Crippen molar-refractivity contribution in [2.24, 2.45) is 5.92 Å². The minimum Gasteiger partial charge on any atom is -0.396 e. The van der Waals surface area contributed by atoms with E-state index in [9.17, 15) is 8.42 Å². The van der Waals surface area contributed by atoms with Crippen LogP contribution in [0.1, 0.15) is 19.8 Å². The molecule has 0 amide bonds. The van der Waals surface area contributed by atoms with E-state index < -0.39 is 10.0 Å². The summed E-state index contributed by atoms with van der Waals surface area (Å²) in [5, 5.41) is 8.55. The van der Waals surface area contributed by atoms with Crippen LogP contribution in [-0.4, -0.2) is 43.3 Å². The van der Waals surface area contributed by atoms with E-state index in [0.717, 1.165) is 6.42 Å². The van der Waals surface area contributed by atoms with Gasteiger partial charge in [-0.2, -0.15) is 0 Å². The molecule has 1 unspecified atom stereocenters. The Kier molecular flexibility index (Phi) is 3.70. The van der Waals surface area contributed by atoms with Gasteiger partial charge in [-0.15, -0.1) is 0 Å².